The van der Waals surface area contributed by atoms with Crippen molar-refractivity contribution in [2.75, 3.05) is 18.4 Å². The summed E-state index contributed by atoms with van der Waals surface area (Å²) in [6, 6.07) is 7.60. The number of aliphatic hydroxyl groups is 2. The molecule has 0 radical (unpaired) electrons. The van der Waals surface area contributed by atoms with Crippen LogP contribution >= 0.6 is 0 Å². The molecule has 0 amide bonds. The van der Waals surface area contributed by atoms with Crippen molar-refractivity contribution >= 4 is 5.69 Å². The summed E-state index contributed by atoms with van der Waals surface area (Å²) in [5.41, 5.74) is 1.91. The highest BCUT2D eigenvalue weighted by Crippen LogP contribution is 2.17. The van der Waals surface area contributed by atoms with Gasteiger partial charge in [-0.25, -0.2) is 0 Å². The second kappa shape index (κ2) is 4.09. The molecule has 0 aliphatic heterocycles. The Morgan fingerprint density at radius 1 is 1.17 bits per heavy atom. The fourth-order valence-electron chi connectivity index (χ4n) is 1.12. The monoisotopic (exact) mass is 167 g/mol. The summed E-state index contributed by atoms with van der Waals surface area (Å²) in [6.45, 7) is 1.61. The van der Waals surface area contributed by atoms with Crippen LogP contribution in [0.4, 0.5) is 5.69 Å². The largest absolute Gasteiger partial charge is 0.376 e. The molecule has 0 heterocycles. The van der Waals surface area contributed by atoms with E-state index in [9.17, 15) is 0 Å². The van der Waals surface area contributed by atoms with Crippen molar-refractivity contribution in [3.63, 3.8) is 0 Å². The molecule has 0 spiro atoms. The van der Waals surface area contributed by atoms with Crippen molar-refractivity contribution in [1.82, 2.24) is 0 Å². The number of aryl methyl sites for hydroxylation is 1. The molecular weight excluding hydrogens is 154 g/mol. The van der Waals surface area contributed by atoms with Gasteiger partial charge >= 0.3 is 0 Å². The van der Waals surface area contributed by atoms with Crippen LogP contribution in [0.3, 0.4) is 0 Å². The number of anilines is 1. The lowest BCUT2D eigenvalue weighted by molar-refractivity contribution is 0.223. The molecule has 0 aliphatic carbocycles. The lowest BCUT2D eigenvalue weighted by Gasteiger charge is -2.20. The number of benzene rings is 1. The smallest absolute Gasteiger partial charge is 0.117 e. The van der Waals surface area contributed by atoms with Gasteiger partial charge in [0.2, 0.25) is 0 Å². The zero-order valence-electron chi connectivity index (χ0n) is 7.07. The maximum absolute atomic E-state index is 8.87. The van der Waals surface area contributed by atoms with Gasteiger partial charge < -0.3 is 15.1 Å². The lowest BCUT2D eigenvalue weighted by Crippen LogP contribution is -2.25. The van der Waals surface area contributed by atoms with E-state index in [-0.39, 0.29) is 13.5 Å². The molecule has 0 saturated carbocycles. The van der Waals surface area contributed by atoms with Crippen LogP contribution in [0.5, 0.6) is 0 Å². The first-order valence-corrected chi connectivity index (χ1v) is 3.82. The van der Waals surface area contributed by atoms with E-state index in [1.165, 1.54) is 4.90 Å². The molecule has 12 heavy (non-hydrogen) atoms. The standard InChI is InChI=1S/C9H13NO2/c1-8-4-2-3-5-9(8)10(6-11)7-12/h2-5,11-12H,6-7H2,1H3. The highest BCUT2D eigenvalue weighted by Gasteiger charge is 2.04. The molecule has 66 valence electrons. The van der Waals surface area contributed by atoms with E-state index in [0.717, 1.165) is 11.3 Å². The van der Waals surface area contributed by atoms with E-state index in [2.05, 4.69) is 0 Å². The molecule has 1 aromatic rings. The third kappa shape index (κ3) is 1.75. The average Bonchev–Trinajstić information content (AvgIpc) is 2.10. The molecule has 2 N–H and O–H groups in total. The maximum Gasteiger partial charge on any atom is 0.117 e. The van der Waals surface area contributed by atoms with Gasteiger partial charge in [0.25, 0.3) is 0 Å². The van der Waals surface area contributed by atoms with Gasteiger partial charge in [-0.15, -0.1) is 0 Å². The maximum atomic E-state index is 8.87. The summed E-state index contributed by atoms with van der Waals surface area (Å²) in [4.78, 5) is 1.48. The van der Waals surface area contributed by atoms with Gasteiger partial charge in [-0.2, -0.15) is 0 Å². The molecule has 0 unspecified atom stereocenters. The number of hydrogen-bond donors (Lipinski definition) is 2. The Morgan fingerprint density at radius 3 is 2.25 bits per heavy atom. The molecular formula is C9H13NO2. The zero-order chi connectivity index (χ0) is 8.97. The lowest BCUT2D eigenvalue weighted by atomic mass is 10.2. The van der Waals surface area contributed by atoms with Crippen molar-refractivity contribution in [3.05, 3.63) is 29.8 Å². The third-order valence-electron chi connectivity index (χ3n) is 1.80. The van der Waals surface area contributed by atoms with E-state index in [1.807, 2.05) is 31.2 Å². The molecule has 0 aromatic heterocycles. The van der Waals surface area contributed by atoms with Crippen molar-refractivity contribution in [1.29, 1.82) is 0 Å². The predicted octanol–water partition coefficient (Wildman–Crippen LogP) is 0.701. The van der Waals surface area contributed by atoms with Crippen molar-refractivity contribution in [2.24, 2.45) is 0 Å². The van der Waals surface area contributed by atoms with Crippen LogP contribution in [-0.2, 0) is 0 Å². The van der Waals surface area contributed by atoms with Gasteiger partial charge in [0.15, 0.2) is 0 Å². The minimum atomic E-state index is -0.165. The van der Waals surface area contributed by atoms with Gasteiger partial charge in [0.05, 0.1) is 0 Å². The second-order valence-corrected chi connectivity index (χ2v) is 2.61. The fourth-order valence-corrected chi connectivity index (χ4v) is 1.12. The molecule has 3 heteroatoms. The van der Waals surface area contributed by atoms with Crippen LogP contribution in [0, 0.1) is 6.92 Å². The van der Waals surface area contributed by atoms with Gasteiger partial charge in [-0.05, 0) is 18.6 Å². The Hall–Kier alpha value is -1.06. The van der Waals surface area contributed by atoms with Crippen LogP contribution in [-0.4, -0.2) is 23.7 Å². The molecule has 0 fully saturated rings. The fraction of sp³-hybridized carbons (Fsp3) is 0.333. The summed E-state index contributed by atoms with van der Waals surface area (Å²) in [5, 5.41) is 17.7. The first-order valence-electron chi connectivity index (χ1n) is 3.82. The molecule has 1 aromatic carbocycles. The van der Waals surface area contributed by atoms with Crippen LogP contribution < -0.4 is 4.90 Å². The number of aliphatic hydroxyl groups excluding tert-OH is 2. The van der Waals surface area contributed by atoms with E-state index in [4.69, 9.17) is 10.2 Å². The molecule has 0 bridgehead atoms. The van der Waals surface area contributed by atoms with Gasteiger partial charge in [0, 0.05) is 5.69 Å². The number of rotatable bonds is 3. The van der Waals surface area contributed by atoms with Crippen molar-refractivity contribution in [3.8, 4) is 0 Å². The summed E-state index contributed by atoms with van der Waals surface area (Å²) in [6.07, 6.45) is 0. The Bertz CT molecular complexity index is 246. The topological polar surface area (TPSA) is 43.7 Å². The van der Waals surface area contributed by atoms with Crippen LogP contribution in [0.2, 0.25) is 0 Å². The van der Waals surface area contributed by atoms with Gasteiger partial charge in [-0.1, -0.05) is 18.2 Å². The highest BCUT2D eigenvalue weighted by atomic mass is 16.3. The predicted molar refractivity (Wildman–Crippen MR) is 47.8 cm³/mol. The number of para-hydroxylation sites is 1. The van der Waals surface area contributed by atoms with Crippen LogP contribution in [0.1, 0.15) is 5.56 Å². The zero-order valence-corrected chi connectivity index (χ0v) is 7.07. The SMILES string of the molecule is Cc1ccccc1N(CO)CO. The normalized spacial score (nSPS) is 9.92. The minimum absolute atomic E-state index is 0.165. The van der Waals surface area contributed by atoms with E-state index >= 15 is 0 Å². The van der Waals surface area contributed by atoms with E-state index in [1.54, 1.807) is 0 Å². The summed E-state index contributed by atoms with van der Waals surface area (Å²) >= 11 is 0. The average molecular weight is 167 g/mol. The Morgan fingerprint density at radius 2 is 1.75 bits per heavy atom. The van der Waals surface area contributed by atoms with E-state index in [0.29, 0.717) is 0 Å². The molecule has 1 rings (SSSR count). The molecule has 0 aliphatic rings. The summed E-state index contributed by atoms with van der Waals surface area (Å²) < 4.78 is 0. The molecule has 3 nitrogen and oxygen atoms in total. The van der Waals surface area contributed by atoms with E-state index < -0.39 is 0 Å². The van der Waals surface area contributed by atoms with Crippen molar-refractivity contribution in [2.45, 2.75) is 6.92 Å². The van der Waals surface area contributed by atoms with Crippen molar-refractivity contribution < 1.29 is 10.2 Å². The minimum Gasteiger partial charge on any atom is -0.376 e. The van der Waals surface area contributed by atoms with Crippen LogP contribution in [0.15, 0.2) is 24.3 Å². The van der Waals surface area contributed by atoms with Crippen LogP contribution in [0.25, 0.3) is 0 Å². The Kier molecular flexibility index (Phi) is 3.08. The summed E-state index contributed by atoms with van der Waals surface area (Å²) in [5.74, 6) is 0. The van der Waals surface area contributed by atoms with Gasteiger partial charge in [-0.3, -0.25) is 0 Å². The highest BCUT2D eigenvalue weighted by molar-refractivity contribution is 5.52. The second-order valence-electron chi connectivity index (χ2n) is 2.61. The Labute approximate surface area is 71.9 Å². The first kappa shape index (κ1) is 9.03. The quantitative estimate of drug-likeness (QED) is 0.651. The molecule has 0 saturated heterocycles. The number of nitrogens with zero attached hydrogens (tertiary/aromatic N) is 1. The Balaban J connectivity index is 2.92. The molecule has 0 atom stereocenters. The summed E-state index contributed by atoms with van der Waals surface area (Å²) in [7, 11) is 0. The first-order chi connectivity index (χ1) is 5.79. The number of hydrogen-bond acceptors (Lipinski definition) is 3. The third-order valence-corrected chi connectivity index (χ3v) is 1.80. The van der Waals surface area contributed by atoms with Gasteiger partial charge in [0.1, 0.15) is 13.5 Å².